The zero-order valence-electron chi connectivity index (χ0n) is 14.7. The highest BCUT2D eigenvalue weighted by Crippen LogP contribution is 2.19. The summed E-state index contributed by atoms with van der Waals surface area (Å²) in [6.45, 7) is 4.19. The number of ether oxygens (including phenoxy) is 2. The Balaban J connectivity index is 1.94. The Morgan fingerprint density at radius 1 is 0.800 bits per heavy atom. The van der Waals surface area contributed by atoms with Gasteiger partial charge in [0.15, 0.2) is 0 Å². The summed E-state index contributed by atoms with van der Waals surface area (Å²) in [6.07, 6.45) is 1.13. The lowest BCUT2D eigenvalue weighted by Gasteiger charge is -2.25. The van der Waals surface area contributed by atoms with Gasteiger partial charge in [-0.25, -0.2) is 9.59 Å². The Morgan fingerprint density at radius 3 is 1.80 bits per heavy atom. The van der Waals surface area contributed by atoms with E-state index in [-0.39, 0.29) is 30.6 Å². The first-order valence-corrected chi connectivity index (χ1v) is 8.63. The number of hydrogen-bond acceptors (Lipinski definition) is 4. The highest BCUT2D eigenvalue weighted by molar-refractivity contribution is 5.89. The molecule has 2 rings (SSSR count). The smallest absolute Gasteiger partial charge is 0.338 e. The van der Waals surface area contributed by atoms with E-state index < -0.39 is 0 Å². The van der Waals surface area contributed by atoms with Gasteiger partial charge in [-0.2, -0.15) is 0 Å². The first kappa shape index (κ1) is 18.7. The summed E-state index contributed by atoms with van der Waals surface area (Å²) in [4.78, 5) is 24.4. The molecule has 0 spiro atoms. The maximum atomic E-state index is 12.3. The lowest BCUT2D eigenvalue weighted by Crippen LogP contribution is -2.30. The van der Waals surface area contributed by atoms with Crippen molar-refractivity contribution in [3.05, 3.63) is 71.8 Å². The molecule has 0 saturated carbocycles. The first-order valence-electron chi connectivity index (χ1n) is 8.63. The Kier molecular flexibility index (Phi) is 7.20. The molecule has 0 saturated heterocycles. The van der Waals surface area contributed by atoms with Crippen molar-refractivity contribution in [1.29, 1.82) is 0 Å². The monoisotopic (exact) mass is 340 g/mol. The van der Waals surface area contributed by atoms with Gasteiger partial charge in [-0.15, -0.1) is 0 Å². The van der Waals surface area contributed by atoms with Crippen LogP contribution in [-0.4, -0.2) is 24.6 Å². The Bertz CT molecular complexity index is 667. The van der Waals surface area contributed by atoms with Crippen molar-refractivity contribution in [2.45, 2.75) is 32.8 Å². The topological polar surface area (TPSA) is 52.6 Å². The summed E-state index contributed by atoms with van der Waals surface area (Å²) in [5.74, 6) is -0.742. The van der Waals surface area contributed by atoms with Crippen LogP contribution in [0.25, 0.3) is 0 Å². The van der Waals surface area contributed by atoms with Crippen LogP contribution in [0.1, 0.15) is 47.4 Å². The summed E-state index contributed by atoms with van der Waals surface area (Å²) in [5.41, 5.74) is 1.05. The van der Waals surface area contributed by atoms with Gasteiger partial charge in [0.05, 0.1) is 17.7 Å². The maximum absolute atomic E-state index is 12.3. The van der Waals surface area contributed by atoms with Gasteiger partial charge < -0.3 is 9.47 Å². The highest BCUT2D eigenvalue weighted by Gasteiger charge is 2.24. The molecular weight excluding hydrogens is 316 g/mol. The van der Waals surface area contributed by atoms with E-state index in [1.54, 1.807) is 48.5 Å². The summed E-state index contributed by atoms with van der Waals surface area (Å²) in [7, 11) is 0. The van der Waals surface area contributed by atoms with Crippen LogP contribution in [0.4, 0.5) is 0 Å². The second kappa shape index (κ2) is 9.62. The Morgan fingerprint density at radius 2 is 1.32 bits per heavy atom. The maximum Gasteiger partial charge on any atom is 0.338 e. The van der Waals surface area contributed by atoms with Gasteiger partial charge in [0.2, 0.25) is 0 Å². The predicted octanol–water partition coefficient (Wildman–Crippen LogP) is 4.51. The third kappa shape index (κ3) is 5.45. The van der Waals surface area contributed by atoms with Gasteiger partial charge in [-0.05, 0) is 37.1 Å². The minimum atomic E-state index is -0.358. The fraction of sp³-hybridized carbons (Fsp3) is 0.333. The third-order valence-corrected chi connectivity index (χ3v) is 4.16. The van der Waals surface area contributed by atoms with Crippen LogP contribution in [-0.2, 0) is 9.47 Å². The van der Waals surface area contributed by atoms with E-state index in [1.807, 2.05) is 26.0 Å². The number of rotatable bonds is 8. The fourth-order valence-electron chi connectivity index (χ4n) is 2.62. The molecule has 2 aromatic carbocycles. The molecule has 4 nitrogen and oxygen atoms in total. The molecule has 2 aromatic rings. The molecule has 0 aliphatic carbocycles. The molecule has 4 heteroatoms. The number of benzene rings is 2. The molecule has 132 valence electrons. The van der Waals surface area contributed by atoms with E-state index in [9.17, 15) is 9.59 Å². The SMILES string of the molecule is CCC(COC(=O)c1ccccc1)C(CC)OC(=O)c1ccccc1. The average Bonchev–Trinajstić information content (AvgIpc) is 2.68. The molecule has 25 heavy (non-hydrogen) atoms. The van der Waals surface area contributed by atoms with Gasteiger partial charge in [0.25, 0.3) is 0 Å². The molecule has 2 unspecified atom stereocenters. The van der Waals surface area contributed by atoms with Crippen molar-refractivity contribution < 1.29 is 19.1 Å². The molecule has 2 atom stereocenters. The van der Waals surface area contributed by atoms with E-state index in [0.717, 1.165) is 6.42 Å². The molecule has 0 heterocycles. The second-order valence-corrected chi connectivity index (χ2v) is 5.85. The quantitative estimate of drug-likeness (QED) is 0.664. The lowest BCUT2D eigenvalue weighted by molar-refractivity contribution is -0.00615. The zero-order chi connectivity index (χ0) is 18.1. The van der Waals surface area contributed by atoms with Gasteiger partial charge in [0.1, 0.15) is 6.10 Å². The summed E-state index contributed by atoms with van der Waals surface area (Å²) in [6, 6.07) is 17.8. The van der Waals surface area contributed by atoms with Crippen molar-refractivity contribution in [1.82, 2.24) is 0 Å². The van der Waals surface area contributed by atoms with E-state index in [0.29, 0.717) is 17.5 Å². The fourth-order valence-corrected chi connectivity index (χ4v) is 2.62. The van der Waals surface area contributed by atoms with Gasteiger partial charge >= 0.3 is 11.9 Å². The molecule has 0 aliphatic rings. The molecule has 0 fully saturated rings. The van der Waals surface area contributed by atoms with Crippen molar-refractivity contribution in [3.63, 3.8) is 0 Å². The van der Waals surface area contributed by atoms with Crippen molar-refractivity contribution in [3.8, 4) is 0 Å². The third-order valence-electron chi connectivity index (χ3n) is 4.16. The minimum absolute atomic E-state index is 0.0367. The van der Waals surface area contributed by atoms with Crippen LogP contribution < -0.4 is 0 Å². The van der Waals surface area contributed by atoms with Gasteiger partial charge in [-0.1, -0.05) is 50.2 Å². The summed E-state index contributed by atoms with van der Waals surface area (Å²) >= 11 is 0. The number of hydrogen-bond donors (Lipinski definition) is 0. The van der Waals surface area contributed by atoms with Crippen molar-refractivity contribution >= 4 is 11.9 Å². The predicted molar refractivity (Wildman–Crippen MR) is 96.4 cm³/mol. The van der Waals surface area contributed by atoms with Crippen molar-refractivity contribution in [2.24, 2.45) is 5.92 Å². The average molecular weight is 340 g/mol. The minimum Gasteiger partial charge on any atom is -0.462 e. The molecule has 0 bridgehead atoms. The molecule has 0 N–H and O–H groups in total. The number of esters is 2. The van der Waals surface area contributed by atoms with E-state index in [1.165, 1.54) is 0 Å². The normalized spacial score (nSPS) is 12.9. The van der Waals surface area contributed by atoms with Crippen LogP contribution in [0.5, 0.6) is 0 Å². The van der Waals surface area contributed by atoms with Crippen LogP contribution >= 0.6 is 0 Å². The number of carbonyl (C=O) groups is 2. The summed E-state index contributed by atoms with van der Waals surface area (Å²) in [5, 5.41) is 0. The first-order chi connectivity index (χ1) is 12.2. The van der Waals surface area contributed by atoms with E-state index in [4.69, 9.17) is 9.47 Å². The summed E-state index contributed by atoms with van der Waals surface area (Å²) < 4.78 is 11.1. The largest absolute Gasteiger partial charge is 0.462 e. The van der Waals surface area contributed by atoms with E-state index in [2.05, 4.69) is 0 Å². The van der Waals surface area contributed by atoms with Crippen LogP contribution in [0.15, 0.2) is 60.7 Å². The molecular formula is C21H24O4. The van der Waals surface area contributed by atoms with Crippen molar-refractivity contribution in [2.75, 3.05) is 6.61 Å². The number of carbonyl (C=O) groups excluding carboxylic acids is 2. The standard InChI is InChI=1S/C21H24O4/c1-3-16(15-24-20(22)17-11-7-5-8-12-17)19(4-2)25-21(23)18-13-9-6-10-14-18/h5-14,16,19H,3-4,15H2,1-2H3. The van der Waals surface area contributed by atoms with Crippen LogP contribution in [0.3, 0.4) is 0 Å². The van der Waals surface area contributed by atoms with Crippen LogP contribution in [0.2, 0.25) is 0 Å². The van der Waals surface area contributed by atoms with E-state index >= 15 is 0 Å². The highest BCUT2D eigenvalue weighted by atomic mass is 16.6. The van der Waals surface area contributed by atoms with Crippen LogP contribution in [0, 0.1) is 5.92 Å². The molecule has 0 amide bonds. The Labute approximate surface area is 148 Å². The van der Waals surface area contributed by atoms with Gasteiger partial charge in [0, 0.05) is 5.92 Å². The molecule has 0 aliphatic heterocycles. The zero-order valence-corrected chi connectivity index (χ0v) is 14.7. The second-order valence-electron chi connectivity index (χ2n) is 5.85. The molecule has 0 aromatic heterocycles. The molecule has 0 radical (unpaired) electrons. The van der Waals surface area contributed by atoms with Gasteiger partial charge in [-0.3, -0.25) is 0 Å². The Hall–Kier alpha value is -2.62. The lowest BCUT2D eigenvalue weighted by atomic mass is 9.98.